The van der Waals surface area contributed by atoms with Gasteiger partial charge < -0.3 is 9.88 Å². The van der Waals surface area contributed by atoms with E-state index in [4.69, 9.17) is 11.4 Å². The SMILES string of the molecule is C#CCCC1(CCC(=O)NCc2ccc3c(c2)nc(CC)n3C2CC2)N=N1. The first-order valence-electron chi connectivity index (χ1n) is 9.78. The summed E-state index contributed by atoms with van der Waals surface area (Å²) in [4.78, 5) is 17.0. The molecule has 1 aliphatic heterocycles. The fourth-order valence-electron chi connectivity index (χ4n) is 3.56. The summed E-state index contributed by atoms with van der Waals surface area (Å²) in [6, 6.07) is 6.93. The van der Waals surface area contributed by atoms with Crippen molar-refractivity contribution in [3.8, 4) is 12.3 Å². The Balaban J connectivity index is 1.34. The van der Waals surface area contributed by atoms with E-state index in [1.54, 1.807) is 0 Å². The number of carbonyl (C=O) groups is 1. The second-order valence-corrected chi connectivity index (χ2v) is 7.47. The van der Waals surface area contributed by atoms with E-state index in [0.717, 1.165) is 29.7 Å². The van der Waals surface area contributed by atoms with Gasteiger partial charge in [0.2, 0.25) is 5.91 Å². The third-order valence-electron chi connectivity index (χ3n) is 5.35. The van der Waals surface area contributed by atoms with Gasteiger partial charge in [0.1, 0.15) is 5.82 Å². The molecular weight excluding hydrogens is 338 g/mol. The molecule has 1 aliphatic carbocycles. The third kappa shape index (κ3) is 3.87. The molecule has 1 N–H and O–H groups in total. The molecule has 0 atom stereocenters. The zero-order chi connectivity index (χ0) is 18.9. The summed E-state index contributed by atoms with van der Waals surface area (Å²) in [6.07, 6.45) is 11.1. The van der Waals surface area contributed by atoms with Crippen LogP contribution in [0.25, 0.3) is 11.0 Å². The van der Waals surface area contributed by atoms with Crippen LogP contribution in [0.3, 0.4) is 0 Å². The number of amides is 1. The molecule has 2 heterocycles. The number of hydrogen-bond donors (Lipinski definition) is 1. The highest BCUT2D eigenvalue weighted by molar-refractivity contribution is 5.78. The Morgan fingerprint density at radius 3 is 2.85 bits per heavy atom. The molecule has 0 unspecified atom stereocenters. The monoisotopic (exact) mass is 363 g/mol. The van der Waals surface area contributed by atoms with Gasteiger partial charge in [-0.3, -0.25) is 4.79 Å². The number of benzene rings is 1. The summed E-state index contributed by atoms with van der Waals surface area (Å²) in [5, 5.41) is 11.1. The standard InChI is InChI=1S/C21H25N5O/c1-3-5-11-21(24-25-21)12-10-20(27)22-14-15-6-9-18-17(13-15)23-19(4-2)26(18)16-7-8-16/h1,6,9,13,16H,4-5,7-8,10-12,14H2,2H3,(H,22,27). The maximum absolute atomic E-state index is 12.2. The number of aromatic nitrogens is 2. The Labute approximate surface area is 159 Å². The number of hydrogen-bond acceptors (Lipinski definition) is 4. The number of nitrogens with one attached hydrogen (secondary N) is 1. The van der Waals surface area contributed by atoms with Gasteiger partial charge in [-0.25, -0.2) is 4.98 Å². The van der Waals surface area contributed by atoms with Crippen molar-refractivity contribution in [3.63, 3.8) is 0 Å². The van der Waals surface area contributed by atoms with E-state index in [1.165, 1.54) is 18.4 Å². The molecule has 1 aromatic heterocycles. The topological polar surface area (TPSA) is 71.6 Å². The zero-order valence-electron chi connectivity index (χ0n) is 15.7. The minimum atomic E-state index is -0.394. The molecule has 140 valence electrons. The van der Waals surface area contributed by atoms with Gasteiger partial charge in [0, 0.05) is 44.7 Å². The maximum atomic E-state index is 12.2. The van der Waals surface area contributed by atoms with Crippen molar-refractivity contribution in [1.29, 1.82) is 0 Å². The van der Waals surface area contributed by atoms with Crippen molar-refractivity contribution in [2.45, 2.75) is 70.1 Å². The van der Waals surface area contributed by atoms with Crippen LogP contribution < -0.4 is 5.32 Å². The third-order valence-corrected chi connectivity index (χ3v) is 5.35. The van der Waals surface area contributed by atoms with E-state index < -0.39 is 5.66 Å². The van der Waals surface area contributed by atoms with Gasteiger partial charge in [0.05, 0.1) is 11.0 Å². The zero-order valence-corrected chi connectivity index (χ0v) is 15.7. The Morgan fingerprint density at radius 2 is 2.19 bits per heavy atom. The molecule has 4 rings (SSSR count). The smallest absolute Gasteiger partial charge is 0.220 e. The highest BCUT2D eigenvalue weighted by Crippen LogP contribution is 2.39. The van der Waals surface area contributed by atoms with Crippen molar-refractivity contribution in [2.75, 3.05) is 0 Å². The molecule has 1 amide bonds. The van der Waals surface area contributed by atoms with Crippen LogP contribution in [0, 0.1) is 12.3 Å². The van der Waals surface area contributed by atoms with Gasteiger partial charge in [0.25, 0.3) is 0 Å². The second-order valence-electron chi connectivity index (χ2n) is 7.47. The second kappa shape index (κ2) is 7.15. The van der Waals surface area contributed by atoms with E-state index in [2.05, 4.69) is 51.2 Å². The Kier molecular flexibility index (Phi) is 4.69. The van der Waals surface area contributed by atoms with E-state index in [0.29, 0.717) is 31.8 Å². The Bertz CT molecular complexity index is 926. The maximum Gasteiger partial charge on any atom is 0.220 e. The first-order chi connectivity index (χ1) is 13.1. The van der Waals surface area contributed by atoms with Crippen molar-refractivity contribution >= 4 is 16.9 Å². The quantitative estimate of drug-likeness (QED) is 0.686. The first kappa shape index (κ1) is 17.7. The van der Waals surface area contributed by atoms with Gasteiger partial charge >= 0.3 is 0 Å². The van der Waals surface area contributed by atoms with E-state index >= 15 is 0 Å². The molecule has 0 radical (unpaired) electrons. The van der Waals surface area contributed by atoms with E-state index in [-0.39, 0.29) is 5.91 Å². The van der Waals surface area contributed by atoms with Crippen molar-refractivity contribution in [2.24, 2.45) is 10.2 Å². The number of terminal acetylenes is 1. The van der Waals surface area contributed by atoms with Crippen LogP contribution in [0.1, 0.15) is 62.9 Å². The molecule has 1 fully saturated rings. The van der Waals surface area contributed by atoms with E-state index in [9.17, 15) is 4.79 Å². The lowest BCUT2D eigenvalue weighted by atomic mass is 10.0. The average molecular weight is 363 g/mol. The molecule has 1 aromatic carbocycles. The summed E-state index contributed by atoms with van der Waals surface area (Å²) in [5.74, 6) is 3.78. The summed E-state index contributed by atoms with van der Waals surface area (Å²) in [7, 11) is 0. The molecule has 0 saturated heterocycles. The van der Waals surface area contributed by atoms with Gasteiger partial charge in [-0.15, -0.1) is 12.3 Å². The fourth-order valence-corrected chi connectivity index (χ4v) is 3.56. The molecule has 27 heavy (non-hydrogen) atoms. The van der Waals surface area contributed by atoms with Crippen LogP contribution in [0.15, 0.2) is 28.4 Å². The molecule has 2 aromatic rings. The van der Waals surface area contributed by atoms with Crippen LogP contribution in [-0.4, -0.2) is 21.1 Å². The van der Waals surface area contributed by atoms with Gasteiger partial charge in [-0.05, 0) is 30.5 Å². The molecule has 6 nitrogen and oxygen atoms in total. The molecule has 0 bridgehead atoms. The van der Waals surface area contributed by atoms with Crippen LogP contribution in [-0.2, 0) is 17.8 Å². The lowest BCUT2D eigenvalue weighted by molar-refractivity contribution is -0.121. The van der Waals surface area contributed by atoms with Crippen LogP contribution in [0.5, 0.6) is 0 Å². The van der Waals surface area contributed by atoms with Crippen molar-refractivity contribution in [3.05, 3.63) is 29.6 Å². The number of imidazole rings is 1. The fraction of sp³-hybridized carbons (Fsp3) is 0.524. The number of fused-ring (bicyclic) bond motifs is 1. The number of nitrogens with zero attached hydrogens (tertiary/aromatic N) is 4. The summed E-state index contributed by atoms with van der Waals surface area (Å²) < 4.78 is 2.38. The minimum Gasteiger partial charge on any atom is -0.352 e. The minimum absolute atomic E-state index is 0.0187. The highest BCUT2D eigenvalue weighted by atomic mass is 16.1. The molecule has 0 spiro atoms. The lowest BCUT2D eigenvalue weighted by Crippen LogP contribution is -2.24. The largest absolute Gasteiger partial charge is 0.352 e. The average Bonchev–Trinajstić information content (AvgIpc) is 3.61. The molecular formula is C21H25N5O. The van der Waals surface area contributed by atoms with Crippen LogP contribution in [0.2, 0.25) is 0 Å². The van der Waals surface area contributed by atoms with Crippen LogP contribution in [0.4, 0.5) is 0 Å². The predicted octanol–water partition coefficient (Wildman–Crippen LogP) is 3.91. The summed E-state index contributed by atoms with van der Waals surface area (Å²) >= 11 is 0. The number of rotatable bonds is 9. The van der Waals surface area contributed by atoms with Crippen LogP contribution >= 0.6 is 0 Å². The molecule has 2 aliphatic rings. The molecule has 6 heteroatoms. The summed E-state index contributed by atoms with van der Waals surface area (Å²) in [6.45, 7) is 2.66. The normalized spacial score (nSPS) is 17.0. The lowest BCUT2D eigenvalue weighted by Gasteiger charge is -2.09. The number of carbonyl (C=O) groups excluding carboxylic acids is 1. The summed E-state index contributed by atoms with van der Waals surface area (Å²) in [5.41, 5.74) is 2.90. The Hall–Kier alpha value is -2.68. The predicted molar refractivity (Wildman–Crippen MR) is 104 cm³/mol. The Morgan fingerprint density at radius 1 is 1.37 bits per heavy atom. The van der Waals surface area contributed by atoms with Gasteiger partial charge in [0.15, 0.2) is 5.66 Å². The van der Waals surface area contributed by atoms with Gasteiger partial charge in [-0.1, -0.05) is 13.0 Å². The van der Waals surface area contributed by atoms with Gasteiger partial charge in [-0.2, -0.15) is 10.2 Å². The first-order valence-corrected chi connectivity index (χ1v) is 9.78. The number of aryl methyl sites for hydroxylation is 1. The van der Waals surface area contributed by atoms with Crippen molar-refractivity contribution in [1.82, 2.24) is 14.9 Å². The van der Waals surface area contributed by atoms with E-state index in [1.807, 2.05) is 0 Å². The highest BCUT2D eigenvalue weighted by Gasteiger charge is 2.39. The molecule has 1 saturated carbocycles. The van der Waals surface area contributed by atoms with Crippen molar-refractivity contribution < 1.29 is 4.79 Å².